The number of rotatable bonds is 9. The summed E-state index contributed by atoms with van der Waals surface area (Å²) >= 11 is 1.75. The normalized spacial score (nSPS) is 17.6. The van der Waals surface area contributed by atoms with Crippen molar-refractivity contribution in [3.05, 3.63) is 11.1 Å². The number of guanidine groups is 1. The van der Waals surface area contributed by atoms with Crippen molar-refractivity contribution in [1.29, 1.82) is 0 Å². The Bertz CT molecular complexity index is 709. The van der Waals surface area contributed by atoms with Gasteiger partial charge in [0, 0.05) is 63.0 Å². The minimum atomic E-state index is 0. The number of halogens is 1. The number of anilines is 1. The third-order valence-electron chi connectivity index (χ3n) is 6.38. The summed E-state index contributed by atoms with van der Waals surface area (Å²) < 4.78 is 0. The van der Waals surface area contributed by atoms with Gasteiger partial charge in [0.25, 0.3) is 0 Å². The molecule has 2 aliphatic rings. The van der Waals surface area contributed by atoms with Gasteiger partial charge in [0.05, 0.1) is 5.69 Å². The number of hydrogen-bond acceptors (Lipinski definition) is 5. The molecule has 0 saturated carbocycles. The molecular weight excluding hydrogens is 535 g/mol. The van der Waals surface area contributed by atoms with Gasteiger partial charge in [-0.3, -0.25) is 9.79 Å². The van der Waals surface area contributed by atoms with E-state index in [1.54, 1.807) is 11.3 Å². The van der Waals surface area contributed by atoms with Crippen LogP contribution >= 0.6 is 35.3 Å². The maximum Gasteiger partial charge on any atom is 0.225 e. The molecule has 0 unspecified atom stereocenters. The second kappa shape index (κ2) is 14.2. The van der Waals surface area contributed by atoms with Gasteiger partial charge in [-0.25, -0.2) is 4.98 Å². The number of aliphatic imine (C=N–C) groups is 1. The second-order valence-electron chi connectivity index (χ2n) is 8.58. The Kier molecular flexibility index (Phi) is 12.1. The lowest BCUT2D eigenvalue weighted by Gasteiger charge is -2.34. The maximum atomic E-state index is 12.6. The number of carbonyl (C=O) groups excluding carboxylic acids is 1. The maximum absolute atomic E-state index is 12.6. The van der Waals surface area contributed by atoms with E-state index in [2.05, 4.69) is 46.6 Å². The van der Waals surface area contributed by atoms with Crippen molar-refractivity contribution in [1.82, 2.24) is 20.5 Å². The molecule has 0 atom stereocenters. The number of amides is 1. The van der Waals surface area contributed by atoms with Crippen LogP contribution < -0.4 is 15.5 Å². The molecule has 3 rings (SSSR count). The number of likely N-dealkylation sites (tertiary alicyclic amines) is 1. The summed E-state index contributed by atoms with van der Waals surface area (Å²) in [7, 11) is 0. The van der Waals surface area contributed by atoms with Gasteiger partial charge in [-0.15, -0.1) is 35.3 Å². The first-order valence-electron chi connectivity index (χ1n) is 12.2. The van der Waals surface area contributed by atoms with Crippen LogP contribution in [0.25, 0.3) is 0 Å². The van der Waals surface area contributed by atoms with Crippen LogP contribution in [0.5, 0.6) is 0 Å². The van der Waals surface area contributed by atoms with Gasteiger partial charge in [0.15, 0.2) is 11.1 Å². The molecule has 182 valence electrons. The van der Waals surface area contributed by atoms with Crippen LogP contribution in [0, 0.1) is 5.92 Å². The zero-order chi connectivity index (χ0) is 22.1. The first-order valence-corrected chi connectivity index (χ1v) is 13.1. The number of carbonyl (C=O) groups is 1. The molecule has 2 saturated heterocycles. The highest BCUT2D eigenvalue weighted by atomic mass is 127. The lowest BCUT2D eigenvalue weighted by atomic mass is 9.98. The van der Waals surface area contributed by atoms with E-state index in [-0.39, 0.29) is 29.9 Å². The third kappa shape index (κ3) is 7.74. The van der Waals surface area contributed by atoms with Crippen molar-refractivity contribution in [2.75, 3.05) is 44.2 Å². The minimum Gasteiger partial charge on any atom is -0.357 e. The predicted octanol–water partition coefficient (Wildman–Crippen LogP) is 3.89. The summed E-state index contributed by atoms with van der Waals surface area (Å²) in [5, 5.41) is 10.3. The van der Waals surface area contributed by atoms with Gasteiger partial charge in [-0.2, -0.15) is 0 Å². The van der Waals surface area contributed by atoms with Gasteiger partial charge < -0.3 is 20.4 Å². The monoisotopic (exact) mass is 576 g/mol. The topological polar surface area (TPSA) is 72.9 Å². The smallest absolute Gasteiger partial charge is 0.225 e. The zero-order valence-corrected chi connectivity index (χ0v) is 23.1. The quantitative estimate of drug-likeness (QED) is 0.265. The van der Waals surface area contributed by atoms with Crippen LogP contribution in [0.2, 0.25) is 0 Å². The Labute approximate surface area is 214 Å². The molecule has 2 fully saturated rings. The molecule has 9 heteroatoms. The van der Waals surface area contributed by atoms with Crippen molar-refractivity contribution < 1.29 is 4.79 Å². The Hall–Kier alpha value is -1.10. The van der Waals surface area contributed by atoms with E-state index in [0.29, 0.717) is 11.9 Å². The molecule has 1 amide bonds. The molecule has 0 bridgehead atoms. The Morgan fingerprint density at radius 2 is 1.88 bits per heavy atom. The van der Waals surface area contributed by atoms with Crippen molar-refractivity contribution in [2.45, 2.75) is 71.8 Å². The summed E-state index contributed by atoms with van der Waals surface area (Å²) in [6.45, 7) is 11.8. The number of nitrogens with zero attached hydrogens (tertiary/aromatic N) is 4. The average Bonchev–Trinajstić information content (AvgIpc) is 3.47. The van der Waals surface area contributed by atoms with Crippen molar-refractivity contribution in [2.24, 2.45) is 10.9 Å². The summed E-state index contributed by atoms with van der Waals surface area (Å²) in [4.78, 5) is 26.6. The minimum absolute atomic E-state index is 0. The SMILES string of the molecule is CCNC(=NCCc1csc(N2CCCC2)n1)NC1CCN(C(=O)C(CC)CC)CC1.I. The molecule has 32 heavy (non-hydrogen) atoms. The molecule has 1 aromatic heterocycles. The summed E-state index contributed by atoms with van der Waals surface area (Å²) in [5.41, 5.74) is 1.14. The van der Waals surface area contributed by atoms with Crippen molar-refractivity contribution >= 4 is 52.3 Å². The van der Waals surface area contributed by atoms with Crippen molar-refractivity contribution in [3.63, 3.8) is 0 Å². The van der Waals surface area contributed by atoms with Gasteiger partial charge in [-0.05, 0) is 45.4 Å². The average molecular weight is 577 g/mol. The van der Waals surface area contributed by atoms with E-state index in [9.17, 15) is 4.79 Å². The third-order valence-corrected chi connectivity index (χ3v) is 7.33. The largest absolute Gasteiger partial charge is 0.357 e. The number of nitrogens with one attached hydrogen (secondary N) is 2. The van der Waals surface area contributed by atoms with E-state index >= 15 is 0 Å². The highest BCUT2D eigenvalue weighted by Gasteiger charge is 2.26. The molecule has 7 nitrogen and oxygen atoms in total. The van der Waals surface area contributed by atoms with Gasteiger partial charge >= 0.3 is 0 Å². The molecular formula is C23H41IN6OS. The molecule has 0 aromatic carbocycles. The number of thiazole rings is 1. The van der Waals surface area contributed by atoms with E-state index in [1.807, 2.05) is 0 Å². The van der Waals surface area contributed by atoms with Crippen LogP contribution in [0.3, 0.4) is 0 Å². The van der Waals surface area contributed by atoms with Gasteiger partial charge in [0.1, 0.15) is 0 Å². The number of piperidine rings is 1. The molecule has 0 aliphatic carbocycles. The molecule has 0 spiro atoms. The second-order valence-corrected chi connectivity index (χ2v) is 9.42. The predicted molar refractivity (Wildman–Crippen MR) is 145 cm³/mol. The van der Waals surface area contributed by atoms with Crippen LogP contribution in [-0.2, 0) is 11.2 Å². The number of hydrogen-bond donors (Lipinski definition) is 2. The highest BCUT2D eigenvalue weighted by Crippen LogP contribution is 2.24. The first-order chi connectivity index (χ1) is 15.1. The van der Waals surface area contributed by atoms with Crippen LogP contribution in [0.1, 0.15) is 65.0 Å². The standard InChI is InChI=1S/C23H40N6OS.HI/c1-4-18(5-2)21(30)28-15-10-19(11-16-28)26-22(24-6-3)25-12-9-20-17-31-23(27-20)29-13-7-8-14-29;/h17-19H,4-16H2,1-3H3,(H2,24,25,26);1H. The Morgan fingerprint density at radius 1 is 1.19 bits per heavy atom. The van der Waals surface area contributed by atoms with Crippen LogP contribution in [0.15, 0.2) is 10.4 Å². The molecule has 0 radical (unpaired) electrons. The molecule has 2 N–H and O–H groups in total. The van der Waals surface area contributed by atoms with E-state index in [1.165, 1.54) is 12.8 Å². The van der Waals surface area contributed by atoms with Gasteiger partial charge in [0.2, 0.25) is 5.91 Å². The summed E-state index contributed by atoms with van der Waals surface area (Å²) in [5.74, 6) is 1.39. The fourth-order valence-electron chi connectivity index (χ4n) is 4.40. The van der Waals surface area contributed by atoms with E-state index < -0.39 is 0 Å². The molecule has 1 aromatic rings. The summed E-state index contributed by atoms with van der Waals surface area (Å²) in [6.07, 6.45) is 7.24. The number of aromatic nitrogens is 1. The van der Waals surface area contributed by atoms with E-state index in [0.717, 1.165) is 88.2 Å². The Balaban J connectivity index is 0.00000363. The lowest BCUT2D eigenvalue weighted by Crippen LogP contribution is -2.50. The summed E-state index contributed by atoms with van der Waals surface area (Å²) in [6, 6.07) is 0.365. The molecule has 3 heterocycles. The fourth-order valence-corrected chi connectivity index (χ4v) is 5.31. The lowest BCUT2D eigenvalue weighted by molar-refractivity contribution is -0.136. The van der Waals surface area contributed by atoms with Gasteiger partial charge in [-0.1, -0.05) is 13.8 Å². The zero-order valence-electron chi connectivity index (χ0n) is 19.9. The van der Waals surface area contributed by atoms with Crippen LogP contribution in [-0.4, -0.2) is 67.1 Å². The van der Waals surface area contributed by atoms with Crippen molar-refractivity contribution in [3.8, 4) is 0 Å². The first kappa shape index (κ1) is 27.1. The fraction of sp³-hybridized carbons (Fsp3) is 0.783. The van der Waals surface area contributed by atoms with E-state index in [4.69, 9.17) is 9.98 Å². The highest BCUT2D eigenvalue weighted by molar-refractivity contribution is 14.0. The van der Waals surface area contributed by atoms with Crippen LogP contribution in [0.4, 0.5) is 5.13 Å². The molecule has 2 aliphatic heterocycles. The Morgan fingerprint density at radius 3 is 2.50 bits per heavy atom.